The van der Waals surface area contributed by atoms with E-state index in [1.54, 1.807) is 12.1 Å². The highest BCUT2D eigenvalue weighted by atomic mass is 32.2. The van der Waals surface area contributed by atoms with E-state index in [-0.39, 0.29) is 17.7 Å². The number of nitrogens with zero attached hydrogens (tertiary/aromatic N) is 5. The van der Waals surface area contributed by atoms with Gasteiger partial charge in [-0.2, -0.15) is 5.10 Å². The number of carbonyl (C=O) groups excluding carboxylic acids is 1. The number of hydrazone groups is 1. The number of hydrogen-bond acceptors (Lipinski definition) is 6. The average molecular weight is 484 g/mol. The van der Waals surface area contributed by atoms with Crippen LogP contribution in [-0.4, -0.2) is 44.3 Å². The van der Waals surface area contributed by atoms with Gasteiger partial charge in [-0.15, -0.1) is 10.2 Å². The van der Waals surface area contributed by atoms with Gasteiger partial charge in [-0.05, 0) is 23.3 Å². The van der Waals surface area contributed by atoms with Gasteiger partial charge in [-0.3, -0.25) is 4.79 Å². The van der Waals surface area contributed by atoms with E-state index < -0.39 is 0 Å². The van der Waals surface area contributed by atoms with Crippen LogP contribution in [0.3, 0.4) is 0 Å². The number of hydrogen-bond donors (Lipinski definition) is 0. The van der Waals surface area contributed by atoms with Gasteiger partial charge in [-0.25, -0.2) is 5.01 Å². The van der Waals surface area contributed by atoms with E-state index in [1.807, 2.05) is 96.5 Å². The Hall–Kier alpha value is -3.91. The predicted molar refractivity (Wildman–Crippen MR) is 137 cm³/mol. The van der Waals surface area contributed by atoms with Crippen LogP contribution < -0.4 is 4.74 Å². The molecule has 3 aromatic carbocycles. The van der Waals surface area contributed by atoms with Crippen LogP contribution in [0.25, 0.3) is 11.4 Å². The van der Waals surface area contributed by atoms with Crippen molar-refractivity contribution in [2.75, 3.05) is 12.9 Å². The maximum atomic E-state index is 13.4. The smallest absolute Gasteiger partial charge is 0.253 e. The quantitative estimate of drug-likeness (QED) is 0.348. The van der Waals surface area contributed by atoms with Crippen LogP contribution in [0.5, 0.6) is 5.75 Å². The lowest BCUT2D eigenvalue weighted by Crippen LogP contribution is -2.28. The number of methoxy groups -OCH3 is 1. The standard InChI is InChI=1S/C27H25N5O2S/c1-31-26(21-11-7-4-8-12-21)28-29-27(31)35-18-25(33)32-24(20-13-15-22(34-2)16-14-20)17-23(30-32)19-9-5-3-6-10-19/h3-16,24H,17-18H2,1-2H3/t24-/m0/s1. The highest BCUT2D eigenvalue weighted by molar-refractivity contribution is 7.99. The summed E-state index contributed by atoms with van der Waals surface area (Å²) in [5.74, 6) is 1.67. The van der Waals surface area contributed by atoms with E-state index in [1.165, 1.54) is 11.8 Å². The van der Waals surface area contributed by atoms with Crippen LogP contribution >= 0.6 is 11.8 Å². The summed E-state index contributed by atoms with van der Waals surface area (Å²) in [6, 6.07) is 27.5. The van der Waals surface area contributed by atoms with Crippen LogP contribution in [0.1, 0.15) is 23.6 Å². The Morgan fingerprint density at radius 1 is 0.943 bits per heavy atom. The van der Waals surface area contributed by atoms with Crippen LogP contribution in [-0.2, 0) is 11.8 Å². The van der Waals surface area contributed by atoms with Crippen LogP contribution in [0, 0.1) is 0 Å². The Morgan fingerprint density at radius 2 is 1.60 bits per heavy atom. The van der Waals surface area contributed by atoms with E-state index in [9.17, 15) is 4.79 Å². The zero-order valence-corrected chi connectivity index (χ0v) is 20.4. The molecule has 8 heteroatoms. The van der Waals surface area contributed by atoms with Crippen molar-refractivity contribution in [3.8, 4) is 17.1 Å². The van der Waals surface area contributed by atoms with Crippen molar-refractivity contribution in [1.29, 1.82) is 0 Å². The number of carbonyl (C=O) groups is 1. The number of rotatable bonds is 7. The first-order chi connectivity index (χ1) is 17.1. The van der Waals surface area contributed by atoms with Gasteiger partial charge >= 0.3 is 0 Å². The van der Waals surface area contributed by atoms with Crippen LogP contribution in [0.2, 0.25) is 0 Å². The molecule has 1 aliphatic heterocycles. The Balaban J connectivity index is 1.36. The number of benzene rings is 3. The summed E-state index contributed by atoms with van der Waals surface area (Å²) in [6.45, 7) is 0. The van der Waals surface area contributed by atoms with Crippen molar-refractivity contribution in [2.45, 2.75) is 17.6 Å². The van der Waals surface area contributed by atoms with Gasteiger partial charge in [0.2, 0.25) is 0 Å². The van der Waals surface area contributed by atoms with Gasteiger partial charge in [0.25, 0.3) is 5.91 Å². The predicted octanol–water partition coefficient (Wildman–Crippen LogP) is 4.96. The summed E-state index contributed by atoms with van der Waals surface area (Å²) in [4.78, 5) is 13.4. The second kappa shape index (κ2) is 10.1. The van der Waals surface area contributed by atoms with E-state index >= 15 is 0 Å². The highest BCUT2D eigenvalue weighted by Gasteiger charge is 2.33. The molecule has 176 valence electrons. The number of thioether (sulfide) groups is 1. The second-order valence-electron chi connectivity index (χ2n) is 8.16. The summed E-state index contributed by atoms with van der Waals surface area (Å²) in [5.41, 5.74) is 3.92. The van der Waals surface area contributed by atoms with Crippen LogP contribution in [0.4, 0.5) is 0 Å². The molecule has 0 fully saturated rings. The van der Waals surface area contributed by atoms with Crippen LogP contribution in [0.15, 0.2) is 95.2 Å². The molecule has 2 heterocycles. The molecule has 0 unspecified atom stereocenters. The third-order valence-electron chi connectivity index (χ3n) is 5.97. The molecule has 1 amide bonds. The molecule has 0 spiro atoms. The fraction of sp³-hybridized carbons (Fsp3) is 0.185. The largest absolute Gasteiger partial charge is 0.497 e. The molecule has 0 radical (unpaired) electrons. The zero-order chi connectivity index (χ0) is 24.2. The molecule has 0 saturated heterocycles. The fourth-order valence-electron chi connectivity index (χ4n) is 4.10. The first-order valence-corrected chi connectivity index (χ1v) is 12.3. The first kappa shape index (κ1) is 22.9. The lowest BCUT2D eigenvalue weighted by atomic mass is 9.98. The SMILES string of the molecule is COc1ccc([C@@H]2CC(c3ccccc3)=NN2C(=O)CSc2nnc(-c3ccccc3)n2C)cc1. The fourth-order valence-corrected chi connectivity index (χ4v) is 4.87. The molecule has 1 aromatic heterocycles. The Labute approximate surface area is 208 Å². The van der Waals surface area contributed by atoms with E-state index in [4.69, 9.17) is 9.84 Å². The molecule has 0 aliphatic carbocycles. The topological polar surface area (TPSA) is 72.6 Å². The van der Waals surface area contributed by atoms with Crippen molar-refractivity contribution < 1.29 is 9.53 Å². The molecule has 1 atom stereocenters. The summed E-state index contributed by atoms with van der Waals surface area (Å²) < 4.78 is 7.22. The highest BCUT2D eigenvalue weighted by Crippen LogP contribution is 2.34. The molecule has 4 aromatic rings. The minimum absolute atomic E-state index is 0.0778. The molecular weight excluding hydrogens is 458 g/mol. The van der Waals surface area contributed by atoms with E-state index in [0.29, 0.717) is 11.6 Å². The number of amides is 1. The molecule has 0 saturated carbocycles. The Morgan fingerprint density at radius 3 is 2.26 bits per heavy atom. The van der Waals surface area contributed by atoms with Crippen molar-refractivity contribution in [1.82, 2.24) is 19.8 Å². The minimum Gasteiger partial charge on any atom is -0.497 e. The molecule has 5 rings (SSSR count). The average Bonchev–Trinajstić information content (AvgIpc) is 3.52. The van der Waals surface area contributed by atoms with E-state index in [2.05, 4.69) is 10.2 Å². The molecule has 0 bridgehead atoms. The molecule has 1 aliphatic rings. The minimum atomic E-state index is -0.177. The third-order valence-corrected chi connectivity index (χ3v) is 6.97. The van der Waals surface area contributed by atoms with Crippen molar-refractivity contribution >= 4 is 23.4 Å². The molecule has 0 N–H and O–H groups in total. The van der Waals surface area contributed by atoms with Gasteiger partial charge < -0.3 is 9.30 Å². The van der Waals surface area contributed by atoms with E-state index in [0.717, 1.165) is 34.0 Å². The monoisotopic (exact) mass is 483 g/mol. The van der Waals surface area contributed by atoms with Gasteiger partial charge in [0.05, 0.1) is 24.6 Å². The number of ether oxygens (including phenoxy) is 1. The lowest BCUT2D eigenvalue weighted by molar-refractivity contribution is -0.130. The molecule has 7 nitrogen and oxygen atoms in total. The zero-order valence-electron chi connectivity index (χ0n) is 19.5. The summed E-state index contributed by atoms with van der Waals surface area (Å²) >= 11 is 1.37. The summed E-state index contributed by atoms with van der Waals surface area (Å²) in [6.07, 6.45) is 0.648. The van der Waals surface area contributed by atoms with Gasteiger partial charge in [0.15, 0.2) is 11.0 Å². The Kier molecular flexibility index (Phi) is 6.63. The molecule has 35 heavy (non-hydrogen) atoms. The maximum Gasteiger partial charge on any atom is 0.253 e. The van der Waals surface area contributed by atoms with Crippen molar-refractivity contribution in [3.63, 3.8) is 0 Å². The lowest BCUT2D eigenvalue weighted by Gasteiger charge is -2.22. The summed E-state index contributed by atoms with van der Waals surface area (Å²) in [7, 11) is 3.56. The Bertz CT molecular complexity index is 1340. The second-order valence-corrected chi connectivity index (χ2v) is 9.11. The normalized spacial score (nSPS) is 15.2. The first-order valence-electron chi connectivity index (χ1n) is 11.3. The number of aromatic nitrogens is 3. The molecular formula is C27H25N5O2S. The van der Waals surface area contributed by atoms with Gasteiger partial charge in [0.1, 0.15) is 5.75 Å². The summed E-state index contributed by atoms with van der Waals surface area (Å²) in [5, 5.41) is 15.7. The van der Waals surface area contributed by atoms with Crippen molar-refractivity contribution in [2.24, 2.45) is 12.1 Å². The van der Waals surface area contributed by atoms with Crippen molar-refractivity contribution in [3.05, 3.63) is 96.1 Å². The maximum absolute atomic E-state index is 13.4. The van der Waals surface area contributed by atoms with Gasteiger partial charge in [0, 0.05) is 19.0 Å². The third kappa shape index (κ3) is 4.83. The van der Waals surface area contributed by atoms with Gasteiger partial charge in [-0.1, -0.05) is 84.6 Å².